The van der Waals surface area contributed by atoms with Gasteiger partial charge in [-0.2, -0.15) is 0 Å². The SMILES string of the molecule is CCN1C(=O)NC(c2ccc(Cl)cc2Cl)C2=C1CN(CC(=O)N1CCC(N(C)C)CC1)C2=O. The van der Waals surface area contributed by atoms with E-state index in [4.69, 9.17) is 23.2 Å². The van der Waals surface area contributed by atoms with Crippen molar-refractivity contribution in [1.29, 1.82) is 0 Å². The van der Waals surface area contributed by atoms with Crippen LogP contribution >= 0.6 is 23.2 Å². The van der Waals surface area contributed by atoms with Crippen LogP contribution in [0.1, 0.15) is 31.4 Å². The molecule has 1 atom stereocenters. The summed E-state index contributed by atoms with van der Waals surface area (Å²) in [4.78, 5) is 46.4. The van der Waals surface area contributed by atoms with Crippen LogP contribution in [0.3, 0.4) is 0 Å². The fourth-order valence-corrected chi connectivity index (χ4v) is 5.39. The highest BCUT2D eigenvalue weighted by atomic mass is 35.5. The number of urea groups is 1. The molecule has 3 aliphatic heterocycles. The van der Waals surface area contributed by atoms with E-state index in [2.05, 4.69) is 24.3 Å². The molecule has 0 radical (unpaired) electrons. The van der Waals surface area contributed by atoms with E-state index < -0.39 is 6.04 Å². The summed E-state index contributed by atoms with van der Waals surface area (Å²) in [5.41, 5.74) is 1.69. The molecule has 0 spiro atoms. The van der Waals surface area contributed by atoms with Crippen molar-refractivity contribution in [3.8, 4) is 0 Å². The summed E-state index contributed by atoms with van der Waals surface area (Å²) in [6.45, 7) is 3.84. The Labute approximate surface area is 204 Å². The van der Waals surface area contributed by atoms with Gasteiger partial charge in [0.05, 0.1) is 23.9 Å². The van der Waals surface area contributed by atoms with Crippen LogP contribution in [-0.2, 0) is 9.59 Å². The monoisotopic (exact) mass is 493 g/mol. The lowest BCUT2D eigenvalue weighted by atomic mass is 9.95. The van der Waals surface area contributed by atoms with Crippen molar-refractivity contribution >= 4 is 41.0 Å². The first-order valence-electron chi connectivity index (χ1n) is 11.2. The normalized spacial score (nSPS) is 21.8. The summed E-state index contributed by atoms with van der Waals surface area (Å²) < 4.78 is 0. The third kappa shape index (κ3) is 4.56. The van der Waals surface area contributed by atoms with E-state index in [1.807, 2.05) is 11.8 Å². The summed E-state index contributed by atoms with van der Waals surface area (Å²) in [6, 6.07) is 4.48. The molecule has 4 amide bonds. The number of halogens is 2. The van der Waals surface area contributed by atoms with Gasteiger partial charge in [-0.15, -0.1) is 0 Å². The van der Waals surface area contributed by atoms with E-state index in [1.165, 1.54) is 4.90 Å². The molecule has 178 valence electrons. The second-order valence-electron chi connectivity index (χ2n) is 8.89. The van der Waals surface area contributed by atoms with Gasteiger partial charge in [0.1, 0.15) is 6.54 Å². The molecule has 1 fully saturated rings. The van der Waals surface area contributed by atoms with E-state index in [0.717, 1.165) is 12.8 Å². The number of nitrogens with zero attached hydrogens (tertiary/aromatic N) is 4. The minimum Gasteiger partial charge on any atom is -0.341 e. The first-order valence-corrected chi connectivity index (χ1v) is 12.0. The summed E-state index contributed by atoms with van der Waals surface area (Å²) >= 11 is 12.5. The number of piperidine rings is 1. The van der Waals surface area contributed by atoms with E-state index in [1.54, 1.807) is 23.1 Å². The van der Waals surface area contributed by atoms with Crippen LogP contribution in [0.4, 0.5) is 4.79 Å². The van der Waals surface area contributed by atoms with Crippen LogP contribution in [0.25, 0.3) is 0 Å². The number of amides is 4. The zero-order chi connectivity index (χ0) is 23.9. The second kappa shape index (κ2) is 9.52. The number of likely N-dealkylation sites (tertiary alicyclic amines) is 1. The van der Waals surface area contributed by atoms with Gasteiger partial charge in [0.15, 0.2) is 0 Å². The zero-order valence-corrected chi connectivity index (χ0v) is 20.6. The Morgan fingerprint density at radius 1 is 1.18 bits per heavy atom. The number of likely N-dealkylation sites (N-methyl/N-ethyl adjacent to an activating group) is 1. The van der Waals surface area contributed by atoms with Crippen LogP contribution in [0.2, 0.25) is 10.0 Å². The highest BCUT2D eigenvalue weighted by Gasteiger charge is 2.44. The average molecular weight is 494 g/mol. The molecular formula is C23H29Cl2N5O3. The van der Waals surface area contributed by atoms with Crippen molar-refractivity contribution in [2.45, 2.75) is 31.8 Å². The van der Waals surface area contributed by atoms with Crippen LogP contribution in [-0.4, -0.2) is 90.3 Å². The Bertz CT molecular complexity index is 1000. The van der Waals surface area contributed by atoms with Gasteiger partial charge in [0.25, 0.3) is 5.91 Å². The summed E-state index contributed by atoms with van der Waals surface area (Å²) in [5.74, 6) is -0.320. The second-order valence-corrected chi connectivity index (χ2v) is 9.73. The maximum atomic E-state index is 13.5. The highest BCUT2D eigenvalue weighted by molar-refractivity contribution is 6.35. The van der Waals surface area contributed by atoms with Gasteiger partial charge in [-0.1, -0.05) is 29.3 Å². The number of carbonyl (C=O) groups excluding carboxylic acids is 3. The van der Waals surface area contributed by atoms with Crippen molar-refractivity contribution in [1.82, 2.24) is 24.9 Å². The molecule has 1 saturated heterocycles. The summed E-state index contributed by atoms with van der Waals surface area (Å²) in [6.07, 6.45) is 1.83. The van der Waals surface area contributed by atoms with Crippen molar-refractivity contribution in [2.75, 3.05) is 46.8 Å². The Morgan fingerprint density at radius 2 is 1.88 bits per heavy atom. The quantitative estimate of drug-likeness (QED) is 0.683. The molecule has 3 heterocycles. The lowest BCUT2D eigenvalue weighted by Gasteiger charge is -2.35. The molecule has 3 aliphatic rings. The van der Waals surface area contributed by atoms with Crippen LogP contribution in [0, 0.1) is 0 Å². The predicted molar refractivity (Wildman–Crippen MR) is 127 cm³/mol. The van der Waals surface area contributed by atoms with Crippen LogP contribution < -0.4 is 5.32 Å². The molecule has 4 rings (SSSR count). The Morgan fingerprint density at radius 3 is 2.48 bits per heavy atom. The minimum absolute atomic E-state index is 0.00865. The molecule has 33 heavy (non-hydrogen) atoms. The average Bonchev–Trinajstić information content (AvgIpc) is 3.09. The summed E-state index contributed by atoms with van der Waals surface area (Å²) in [7, 11) is 4.11. The third-order valence-corrected chi connectivity index (χ3v) is 7.32. The fraction of sp³-hybridized carbons (Fsp3) is 0.522. The van der Waals surface area contributed by atoms with Crippen LogP contribution in [0.5, 0.6) is 0 Å². The Hall–Kier alpha value is -2.29. The topological polar surface area (TPSA) is 76.2 Å². The molecule has 0 bridgehead atoms. The molecule has 1 aromatic rings. The first-order chi connectivity index (χ1) is 15.7. The summed E-state index contributed by atoms with van der Waals surface area (Å²) in [5, 5.41) is 3.74. The van der Waals surface area contributed by atoms with E-state index in [0.29, 0.717) is 52.6 Å². The first kappa shape index (κ1) is 23.9. The molecule has 0 aliphatic carbocycles. The fourth-order valence-electron chi connectivity index (χ4n) is 4.87. The Balaban J connectivity index is 1.54. The lowest BCUT2D eigenvalue weighted by Crippen LogP contribution is -2.48. The minimum atomic E-state index is -0.691. The van der Waals surface area contributed by atoms with Crippen molar-refractivity contribution in [2.24, 2.45) is 0 Å². The largest absolute Gasteiger partial charge is 0.341 e. The zero-order valence-electron chi connectivity index (χ0n) is 19.1. The molecule has 1 N–H and O–H groups in total. The number of carbonyl (C=O) groups is 3. The van der Waals surface area contributed by atoms with Crippen molar-refractivity contribution < 1.29 is 14.4 Å². The molecule has 10 heteroatoms. The lowest BCUT2D eigenvalue weighted by molar-refractivity contribution is -0.138. The van der Waals surface area contributed by atoms with E-state index in [-0.39, 0.29) is 30.9 Å². The number of nitrogens with one attached hydrogen (secondary N) is 1. The van der Waals surface area contributed by atoms with Gasteiger partial charge in [-0.3, -0.25) is 14.5 Å². The third-order valence-electron chi connectivity index (χ3n) is 6.76. The molecule has 1 aromatic carbocycles. The van der Waals surface area contributed by atoms with Gasteiger partial charge >= 0.3 is 6.03 Å². The van der Waals surface area contributed by atoms with Gasteiger partial charge in [0.2, 0.25) is 5.91 Å². The number of benzene rings is 1. The maximum absolute atomic E-state index is 13.5. The van der Waals surface area contributed by atoms with Gasteiger partial charge in [-0.05, 0) is 51.6 Å². The number of hydrogen-bond donors (Lipinski definition) is 1. The number of rotatable bonds is 5. The van der Waals surface area contributed by atoms with Gasteiger partial charge in [-0.25, -0.2) is 4.79 Å². The van der Waals surface area contributed by atoms with Gasteiger partial charge < -0.3 is 20.0 Å². The Kier molecular flexibility index (Phi) is 6.88. The maximum Gasteiger partial charge on any atom is 0.322 e. The van der Waals surface area contributed by atoms with Crippen LogP contribution in [0.15, 0.2) is 29.5 Å². The molecular weight excluding hydrogens is 465 g/mol. The highest BCUT2D eigenvalue weighted by Crippen LogP contribution is 2.39. The van der Waals surface area contributed by atoms with Gasteiger partial charge in [0, 0.05) is 35.7 Å². The van der Waals surface area contributed by atoms with Crippen molar-refractivity contribution in [3.05, 3.63) is 45.1 Å². The molecule has 0 aromatic heterocycles. The van der Waals surface area contributed by atoms with Crippen molar-refractivity contribution in [3.63, 3.8) is 0 Å². The molecule has 8 nitrogen and oxygen atoms in total. The standard InChI is InChI=1S/C23H29Cl2N5O3/c1-4-30-18-12-29(13-19(31)28-9-7-15(8-10-28)27(2)3)22(32)20(18)21(26-23(30)33)16-6-5-14(24)11-17(16)25/h5-6,11,15,21H,4,7-10,12-13H2,1-3H3,(H,26,33). The molecule has 1 unspecified atom stereocenters. The number of hydrogen-bond acceptors (Lipinski definition) is 4. The smallest absolute Gasteiger partial charge is 0.322 e. The van der Waals surface area contributed by atoms with E-state index in [9.17, 15) is 14.4 Å². The van der Waals surface area contributed by atoms with E-state index >= 15 is 0 Å². The predicted octanol–water partition coefficient (Wildman–Crippen LogP) is 2.73. The molecule has 0 saturated carbocycles.